The van der Waals surface area contributed by atoms with E-state index in [-0.39, 0.29) is 12.0 Å². The van der Waals surface area contributed by atoms with Crippen LogP contribution < -0.4 is 5.73 Å². The van der Waals surface area contributed by atoms with Gasteiger partial charge in [-0.25, -0.2) is 0 Å². The molecule has 0 saturated carbocycles. The van der Waals surface area contributed by atoms with E-state index in [4.69, 9.17) is 21.9 Å². The lowest BCUT2D eigenvalue weighted by Gasteiger charge is -2.20. The summed E-state index contributed by atoms with van der Waals surface area (Å²) in [6.07, 6.45) is 0. The fraction of sp³-hybridized carbons (Fsp3) is 0.429. The average Bonchev–Trinajstić information content (AvgIpc) is 2.78. The number of rotatable bonds is 4. The molecule has 102 valence electrons. The zero-order valence-corrected chi connectivity index (χ0v) is 12.1. The minimum absolute atomic E-state index is 0.0292. The van der Waals surface area contributed by atoms with E-state index in [0.29, 0.717) is 22.7 Å². The Kier molecular flexibility index (Phi) is 4.22. The predicted molar refractivity (Wildman–Crippen MR) is 76.0 cm³/mol. The minimum Gasteiger partial charge on any atom is -0.339 e. The lowest BCUT2D eigenvalue weighted by molar-refractivity contribution is 0.300. The Balaban J connectivity index is 2.30. The van der Waals surface area contributed by atoms with Crippen molar-refractivity contribution in [3.05, 3.63) is 35.2 Å². The molecule has 2 unspecified atom stereocenters. The van der Waals surface area contributed by atoms with Gasteiger partial charge < -0.3 is 10.3 Å². The summed E-state index contributed by atoms with van der Waals surface area (Å²) in [7, 11) is 0. The Morgan fingerprint density at radius 2 is 1.79 bits per heavy atom. The number of halogens is 1. The third-order valence-corrected chi connectivity index (χ3v) is 3.37. The summed E-state index contributed by atoms with van der Waals surface area (Å²) in [5, 5.41) is 4.70. The number of nitrogens with two attached hydrogens (primary N) is 1. The maximum Gasteiger partial charge on any atom is 0.231 e. The standard InChI is InChI=1S/C14H18ClN3O/c1-8(2)12(9(3)16)14-17-13(18-19-14)10-4-6-11(15)7-5-10/h4-9,12H,16H2,1-3H3. The largest absolute Gasteiger partial charge is 0.339 e. The predicted octanol–water partition coefficient (Wildman–Crippen LogP) is 3.48. The first-order chi connectivity index (χ1) is 8.99. The third kappa shape index (κ3) is 3.14. The highest BCUT2D eigenvalue weighted by atomic mass is 35.5. The molecule has 2 atom stereocenters. The summed E-state index contributed by atoms with van der Waals surface area (Å²) in [4.78, 5) is 4.45. The first-order valence-corrected chi connectivity index (χ1v) is 6.72. The van der Waals surface area contributed by atoms with Crippen LogP contribution in [0, 0.1) is 5.92 Å². The van der Waals surface area contributed by atoms with Crippen molar-refractivity contribution in [3.63, 3.8) is 0 Å². The first-order valence-electron chi connectivity index (χ1n) is 6.34. The van der Waals surface area contributed by atoms with E-state index in [1.54, 1.807) is 12.1 Å². The molecule has 1 heterocycles. The van der Waals surface area contributed by atoms with Crippen LogP contribution in [-0.4, -0.2) is 16.2 Å². The van der Waals surface area contributed by atoms with Crippen LogP contribution in [0.5, 0.6) is 0 Å². The molecule has 1 aromatic carbocycles. The maximum atomic E-state index is 5.99. The van der Waals surface area contributed by atoms with Crippen molar-refractivity contribution < 1.29 is 4.52 Å². The average molecular weight is 280 g/mol. The van der Waals surface area contributed by atoms with E-state index in [1.807, 2.05) is 19.1 Å². The van der Waals surface area contributed by atoms with Gasteiger partial charge in [-0.1, -0.05) is 30.6 Å². The number of aromatic nitrogens is 2. The molecule has 0 spiro atoms. The number of hydrogen-bond donors (Lipinski definition) is 1. The third-order valence-electron chi connectivity index (χ3n) is 3.11. The van der Waals surface area contributed by atoms with Crippen molar-refractivity contribution in [2.45, 2.75) is 32.7 Å². The Labute approximate surface area is 118 Å². The highest BCUT2D eigenvalue weighted by molar-refractivity contribution is 6.30. The summed E-state index contributed by atoms with van der Waals surface area (Å²) in [6, 6.07) is 7.32. The van der Waals surface area contributed by atoms with Crippen molar-refractivity contribution in [3.8, 4) is 11.4 Å². The van der Waals surface area contributed by atoms with Crippen LogP contribution in [0.15, 0.2) is 28.8 Å². The Morgan fingerprint density at radius 3 is 2.32 bits per heavy atom. The number of hydrogen-bond acceptors (Lipinski definition) is 4. The van der Waals surface area contributed by atoms with Gasteiger partial charge >= 0.3 is 0 Å². The van der Waals surface area contributed by atoms with Gasteiger partial charge in [0.15, 0.2) is 0 Å². The van der Waals surface area contributed by atoms with Crippen LogP contribution in [0.3, 0.4) is 0 Å². The molecule has 5 heteroatoms. The quantitative estimate of drug-likeness (QED) is 0.930. The van der Waals surface area contributed by atoms with Crippen molar-refractivity contribution in [2.24, 2.45) is 11.7 Å². The lowest BCUT2D eigenvalue weighted by Crippen LogP contribution is -2.28. The second kappa shape index (κ2) is 5.72. The summed E-state index contributed by atoms with van der Waals surface area (Å²) in [5.41, 5.74) is 6.87. The smallest absolute Gasteiger partial charge is 0.231 e. The SMILES string of the molecule is CC(C)C(c1nc(-c2ccc(Cl)cc2)no1)C(C)N. The van der Waals surface area contributed by atoms with Gasteiger partial charge in [-0.2, -0.15) is 4.98 Å². The van der Waals surface area contributed by atoms with Crippen LogP contribution in [0.4, 0.5) is 0 Å². The summed E-state index contributed by atoms with van der Waals surface area (Å²) in [6.45, 7) is 6.15. The van der Waals surface area contributed by atoms with E-state index in [0.717, 1.165) is 5.56 Å². The molecule has 4 nitrogen and oxygen atoms in total. The molecule has 0 amide bonds. The molecule has 0 aliphatic rings. The second-order valence-electron chi connectivity index (χ2n) is 5.09. The minimum atomic E-state index is -0.0292. The zero-order chi connectivity index (χ0) is 14.0. The van der Waals surface area contributed by atoms with E-state index >= 15 is 0 Å². The Bertz CT molecular complexity index is 526. The monoisotopic (exact) mass is 279 g/mol. The fourth-order valence-electron chi connectivity index (χ4n) is 2.20. The molecule has 2 N–H and O–H groups in total. The van der Waals surface area contributed by atoms with Gasteiger partial charge in [-0.15, -0.1) is 0 Å². The van der Waals surface area contributed by atoms with Crippen LogP contribution in [-0.2, 0) is 0 Å². The molecular formula is C14H18ClN3O. The summed E-state index contributed by atoms with van der Waals surface area (Å²) in [5.74, 6) is 1.57. The summed E-state index contributed by atoms with van der Waals surface area (Å²) >= 11 is 5.86. The molecule has 0 aliphatic carbocycles. The molecule has 0 bridgehead atoms. The molecule has 19 heavy (non-hydrogen) atoms. The van der Waals surface area contributed by atoms with Gasteiger partial charge in [0.1, 0.15) is 0 Å². The lowest BCUT2D eigenvalue weighted by atomic mass is 9.90. The topological polar surface area (TPSA) is 64.9 Å². The van der Waals surface area contributed by atoms with Gasteiger partial charge in [0, 0.05) is 16.6 Å². The van der Waals surface area contributed by atoms with E-state index in [1.165, 1.54) is 0 Å². The highest BCUT2D eigenvalue weighted by Gasteiger charge is 2.26. The fourth-order valence-corrected chi connectivity index (χ4v) is 2.33. The van der Waals surface area contributed by atoms with Crippen LogP contribution in [0.1, 0.15) is 32.6 Å². The van der Waals surface area contributed by atoms with Crippen LogP contribution >= 0.6 is 11.6 Å². The summed E-state index contributed by atoms with van der Waals surface area (Å²) < 4.78 is 5.36. The van der Waals surface area contributed by atoms with Gasteiger partial charge in [-0.05, 0) is 37.1 Å². The number of benzene rings is 1. The van der Waals surface area contributed by atoms with Gasteiger partial charge in [-0.3, -0.25) is 0 Å². The molecule has 0 radical (unpaired) electrons. The molecule has 0 saturated heterocycles. The molecule has 1 aromatic heterocycles. The van der Waals surface area contributed by atoms with E-state index < -0.39 is 0 Å². The Morgan fingerprint density at radius 1 is 1.16 bits per heavy atom. The molecule has 0 fully saturated rings. The normalized spacial score (nSPS) is 14.6. The van der Waals surface area contributed by atoms with Crippen LogP contribution in [0.2, 0.25) is 5.02 Å². The van der Waals surface area contributed by atoms with Crippen LogP contribution in [0.25, 0.3) is 11.4 Å². The molecule has 0 aliphatic heterocycles. The van der Waals surface area contributed by atoms with Crippen molar-refractivity contribution in [1.29, 1.82) is 0 Å². The van der Waals surface area contributed by atoms with Crippen molar-refractivity contribution in [1.82, 2.24) is 10.1 Å². The van der Waals surface area contributed by atoms with Gasteiger partial charge in [0.05, 0.1) is 5.92 Å². The van der Waals surface area contributed by atoms with Crippen molar-refractivity contribution >= 4 is 11.6 Å². The second-order valence-corrected chi connectivity index (χ2v) is 5.53. The van der Waals surface area contributed by atoms with E-state index in [9.17, 15) is 0 Å². The Hall–Kier alpha value is -1.39. The zero-order valence-electron chi connectivity index (χ0n) is 11.3. The van der Waals surface area contributed by atoms with Crippen molar-refractivity contribution in [2.75, 3.05) is 0 Å². The molecule has 2 rings (SSSR count). The molecule has 2 aromatic rings. The molecular weight excluding hydrogens is 262 g/mol. The first kappa shape index (κ1) is 14.0. The number of nitrogens with zero attached hydrogens (tertiary/aromatic N) is 2. The van der Waals surface area contributed by atoms with Gasteiger partial charge in [0.2, 0.25) is 11.7 Å². The highest BCUT2D eigenvalue weighted by Crippen LogP contribution is 2.27. The van der Waals surface area contributed by atoms with E-state index in [2.05, 4.69) is 24.0 Å². The maximum absolute atomic E-state index is 5.99. The van der Waals surface area contributed by atoms with Gasteiger partial charge in [0.25, 0.3) is 0 Å².